The Bertz CT molecular complexity index is 241. The molecule has 0 spiro atoms. The van der Waals surface area contributed by atoms with Gasteiger partial charge in [-0.3, -0.25) is 4.79 Å². The van der Waals surface area contributed by atoms with E-state index in [0.717, 1.165) is 25.9 Å². The molecule has 0 rings (SSSR count). The predicted octanol–water partition coefficient (Wildman–Crippen LogP) is 6.05. The van der Waals surface area contributed by atoms with Crippen LogP contribution in [0.4, 0.5) is 0 Å². The van der Waals surface area contributed by atoms with Gasteiger partial charge >= 0.3 is 5.97 Å². The van der Waals surface area contributed by atoms with Crippen molar-refractivity contribution in [1.82, 2.24) is 0 Å². The summed E-state index contributed by atoms with van der Waals surface area (Å²) in [5, 5.41) is 0. The van der Waals surface area contributed by atoms with E-state index < -0.39 is 0 Å². The standard InChI is InChI=1S/C20H40O3/c1-3-5-7-9-10-11-13-15-17-22-18-19-23-20(21)16-14-12-8-6-4-2/h3-19H2,1-2H3. The maximum Gasteiger partial charge on any atom is 0.305 e. The zero-order chi connectivity index (χ0) is 17.0. The van der Waals surface area contributed by atoms with Gasteiger partial charge in [0.25, 0.3) is 0 Å². The van der Waals surface area contributed by atoms with Gasteiger partial charge in [-0.25, -0.2) is 0 Å². The first-order valence-corrected chi connectivity index (χ1v) is 10.0. The summed E-state index contributed by atoms with van der Waals surface area (Å²) in [6.45, 7) is 6.19. The molecular weight excluding hydrogens is 288 g/mol. The largest absolute Gasteiger partial charge is 0.463 e. The van der Waals surface area contributed by atoms with E-state index in [2.05, 4.69) is 13.8 Å². The van der Waals surface area contributed by atoms with E-state index in [-0.39, 0.29) is 5.97 Å². The molecule has 0 N–H and O–H groups in total. The van der Waals surface area contributed by atoms with Crippen molar-refractivity contribution in [3.63, 3.8) is 0 Å². The van der Waals surface area contributed by atoms with Gasteiger partial charge in [0.15, 0.2) is 0 Å². The molecule has 0 heterocycles. The van der Waals surface area contributed by atoms with Crippen LogP contribution in [0.2, 0.25) is 0 Å². The molecule has 0 atom stereocenters. The second kappa shape index (κ2) is 19.5. The van der Waals surface area contributed by atoms with Gasteiger partial charge in [-0.1, -0.05) is 84.5 Å². The van der Waals surface area contributed by atoms with Crippen molar-refractivity contribution in [3.05, 3.63) is 0 Å². The van der Waals surface area contributed by atoms with Crippen LogP contribution in [-0.4, -0.2) is 25.8 Å². The van der Waals surface area contributed by atoms with E-state index in [9.17, 15) is 4.79 Å². The smallest absolute Gasteiger partial charge is 0.305 e. The fraction of sp³-hybridized carbons (Fsp3) is 0.950. The van der Waals surface area contributed by atoms with Gasteiger partial charge in [0.1, 0.15) is 6.61 Å². The minimum absolute atomic E-state index is 0.0721. The molecule has 0 radical (unpaired) electrons. The van der Waals surface area contributed by atoms with Crippen molar-refractivity contribution in [1.29, 1.82) is 0 Å². The fourth-order valence-corrected chi connectivity index (χ4v) is 2.60. The number of carbonyl (C=O) groups is 1. The monoisotopic (exact) mass is 328 g/mol. The predicted molar refractivity (Wildman–Crippen MR) is 97.8 cm³/mol. The molecule has 0 bridgehead atoms. The summed E-state index contributed by atoms with van der Waals surface area (Å²) in [4.78, 5) is 11.5. The minimum Gasteiger partial charge on any atom is -0.463 e. The number of esters is 1. The minimum atomic E-state index is -0.0721. The van der Waals surface area contributed by atoms with E-state index in [1.54, 1.807) is 0 Å². The van der Waals surface area contributed by atoms with Crippen LogP contribution in [0, 0.1) is 0 Å². The van der Waals surface area contributed by atoms with Crippen LogP contribution >= 0.6 is 0 Å². The molecule has 138 valence electrons. The molecule has 0 aromatic rings. The quantitative estimate of drug-likeness (QED) is 0.227. The van der Waals surface area contributed by atoms with E-state index in [4.69, 9.17) is 9.47 Å². The zero-order valence-electron chi connectivity index (χ0n) is 15.7. The lowest BCUT2D eigenvalue weighted by Gasteiger charge is -2.06. The molecule has 3 heteroatoms. The van der Waals surface area contributed by atoms with Crippen molar-refractivity contribution in [3.8, 4) is 0 Å². The van der Waals surface area contributed by atoms with Crippen molar-refractivity contribution in [2.24, 2.45) is 0 Å². The first-order chi connectivity index (χ1) is 11.3. The molecule has 0 aromatic carbocycles. The Morgan fingerprint density at radius 3 is 1.74 bits per heavy atom. The molecule has 0 aliphatic heterocycles. The summed E-state index contributed by atoms with van der Waals surface area (Å²) >= 11 is 0. The average Bonchev–Trinajstić information content (AvgIpc) is 2.55. The molecule has 0 saturated heterocycles. The lowest BCUT2D eigenvalue weighted by atomic mass is 10.1. The Balaban J connectivity index is 3.10. The summed E-state index contributed by atoms with van der Waals surface area (Å²) in [6.07, 6.45) is 16.9. The summed E-state index contributed by atoms with van der Waals surface area (Å²) in [7, 11) is 0. The Hall–Kier alpha value is -0.570. The molecular formula is C20H40O3. The number of hydrogen-bond donors (Lipinski definition) is 0. The highest BCUT2D eigenvalue weighted by Gasteiger charge is 2.02. The lowest BCUT2D eigenvalue weighted by Crippen LogP contribution is -2.10. The van der Waals surface area contributed by atoms with Gasteiger partial charge in [0.05, 0.1) is 6.61 Å². The molecule has 0 aliphatic rings. The number of ether oxygens (including phenoxy) is 2. The third kappa shape index (κ3) is 19.4. The van der Waals surface area contributed by atoms with E-state index in [1.165, 1.54) is 64.2 Å². The van der Waals surface area contributed by atoms with Crippen molar-refractivity contribution >= 4 is 5.97 Å². The van der Waals surface area contributed by atoms with Gasteiger partial charge < -0.3 is 9.47 Å². The van der Waals surface area contributed by atoms with Crippen LogP contribution in [0.5, 0.6) is 0 Å². The van der Waals surface area contributed by atoms with Crippen LogP contribution in [-0.2, 0) is 14.3 Å². The zero-order valence-corrected chi connectivity index (χ0v) is 15.7. The van der Waals surface area contributed by atoms with Crippen molar-refractivity contribution < 1.29 is 14.3 Å². The van der Waals surface area contributed by atoms with Gasteiger partial charge in [-0.2, -0.15) is 0 Å². The Morgan fingerprint density at radius 2 is 1.13 bits per heavy atom. The third-order valence-electron chi connectivity index (χ3n) is 4.12. The second-order valence-corrected chi connectivity index (χ2v) is 6.47. The highest BCUT2D eigenvalue weighted by atomic mass is 16.6. The first-order valence-electron chi connectivity index (χ1n) is 10.0. The number of hydrogen-bond acceptors (Lipinski definition) is 3. The Labute approximate surface area is 144 Å². The van der Waals surface area contributed by atoms with Crippen LogP contribution in [0.3, 0.4) is 0 Å². The topological polar surface area (TPSA) is 35.5 Å². The number of unbranched alkanes of at least 4 members (excludes halogenated alkanes) is 11. The van der Waals surface area contributed by atoms with Crippen LogP contribution < -0.4 is 0 Å². The van der Waals surface area contributed by atoms with E-state index >= 15 is 0 Å². The first kappa shape index (κ1) is 22.4. The average molecular weight is 329 g/mol. The molecule has 0 aliphatic carbocycles. The van der Waals surface area contributed by atoms with Crippen LogP contribution in [0.25, 0.3) is 0 Å². The highest BCUT2D eigenvalue weighted by Crippen LogP contribution is 2.08. The molecule has 0 amide bonds. The van der Waals surface area contributed by atoms with Crippen molar-refractivity contribution in [2.45, 2.75) is 104 Å². The van der Waals surface area contributed by atoms with Crippen molar-refractivity contribution in [2.75, 3.05) is 19.8 Å². The summed E-state index contributed by atoms with van der Waals surface area (Å²) in [5.74, 6) is -0.0721. The maximum absolute atomic E-state index is 11.5. The molecule has 0 unspecified atom stereocenters. The summed E-state index contributed by atoms with van der Waals surface area (Å²) in [5.41, 5.74) is 0. The molecule has 23 heavy (non-hydrogen) atoms. The normalized spacial score (nSPS) is 10.9. The number of rotatable bonds is 18. The lowest BCUT2D eigenvalue weighted by molar-refractivity contribution is -0.145. The number of carbonyl (C=O) groups excluding carboxylic acids is 1. The molecule has 0 fully saturated rings. The fourth-order valence-electron chi connectivity index (χ4n) is 2.60. The highest BCUT2D eigenvalue weighted by molar-refractivity contribution is 5.69. The summed E-state index contributed by atoms with van der Waals surface area (Å²) in [6, 6.07) is 0. The summed E-state index contributed by atoms with van der Waals surface area (Å²) < 4.78 is 10.7. The van der Waals surface area contributed by atoms with Crippen LogP contribution in [0.1, 0.15) is 104 Å². The third-order valence-corrected chi connectivity index (χ3v) is 4.12. The van der Waals surface area contributed by atoms with Gasteiger partial charge in [0, 0.05) is 13.0 Å². The molecule has 0 saturated carbocycles. The maximum atomic E-state index is 11.5. The SMILES string of the molecule is CCCCCCCCCCOCCOC(=O)CCCCCCC. The van der Waals surface area contributed by atoms with E-state index in [1.807, 2.05) is 0 Å². The Morgan fingerprint density at radius 1 is 0.609 bits per heavy atom. The Kier molecular flexibility index (Phi) is 19.0. The van der Waals surface area contributed by atoms with Gasteiger partial charge in [0.2, 0.25) is 0 Å². The van der Waals surface area contributed by atoms with E-state index in [0.29, 0.717) is 19.6 Å². The van der Waals surface area contributed by atoms with Crippen LogP contribution in [0.15, 0.2) is 0 Å². The molecule has 0 aromatic heterocycles. The second-order valence-electron chi connectivity index (χ2n) is 6.47. The molecule has 3 nitrogen and oxygen atoms in total. The van der Waals surface area contributed by atoms with Gasteiger partial charge in [-0.15, -0.1) is 0 Å². The van der Waals surface area contributed by atoms with Gasteiger partial charge in [-0.05, 0) is 12.8 Å².